The van der Waals surface area contributed by atoms with E-state index in [1.807, 2.05) is 0 Å². The summed E-state index contributed by atoms with van der Waals surface area (Å²) in [5, 5.41) is 0. The smallest absolute Gasteiger partial charge is 0.335 e. The van der Waals surface area contributed by atoms with Crippen LogP contribution in [0.25, 0.3) is 0 Å². The number of ether oxygens (including phenoxy) is 4. The van der Waals surface area contributed by atoms with Crippen LogP contribution in [0.2, 0.25) is 0 Å². The Balaban J connectivity index is 3.79. The zero-order chi connectivity index (χ0) is 14.8. The largest absolute Gasteiger partial charge is 0.460 e. The third-order valence-corrected chi connectivity index (χ3v) is 1.91. The minimum atomic E-state index is -0.818. The molecule has 0 saturated heterocycles. The van der Waals surface area contributed by atoms with Gasteiger partial charge in [0.2, 0.25) is 6.29 Å². The molecular formula is C13H20O6. The van der Waals surface area contributed by atoms with E-state index in [2.05, 4.69) is 13.2 Å². The minimum absolute atomic E-state index is 0.0418. The van der Waals surface area contributed by atoms with Crippen LogP contribution >= 0.6 is 0 Å². The maximum Gasteiger partial charge on any atom is 0.335 e. The first-order chi connectivity index (χ1) is 8.88. The molecular weight excluding hydrogens is 252 g/mol. The molecule has 0 N–H and O–H groups in total. The molecule has 0 heterocycles. The van der Waals surface area contributed by atoms with Gasteiger partial charge in [-0.25, -0.2) is 9.59 Å². The molecule has 0 aliphatic heterocycles. The molecule has 6 heteroatoms. The van der Waals surface area contributed by atoms with Crippen LogP contribution < -0.4 is 0 Å². The van der Waals surface area contributed by atoms with Crippen LogP contribution in [0, 0.1) is 0 Å². The van der Waals surface area contributed by atoms with Gasteiger partial charge in [-0.05, 0) is 13.8 Å². The molecule has 108 valence electrons. The van der Waals surface area contributed by atoms with Gasteiger partial charge in [-0.1, -0.05) is 13.2 Å². The zero-order valence-corrected chi connectivity index (χ0v) is 11.6. The number of rotatable bonds is 9. The molecule has 1 unspecified atom stereocenters. The van der Waals surface area contributed by atoms with E-state index in [1.54, 1.807) is 6.92 Å². The molecule has 0 rings (SSSR count). The second-order valence-electron chi connectivity index (χ2n) is 3.84. The normalized spacial score (nSPS) is 11.5. The van der Waals surface area contributed by atoms with E-state index in [4.69, 9.17) is 18.9 Å². The number of carbonyl (C=O) groups excluding carboxylic acids is 2. The van der Waals surface area contributed by atoms with E-state index in [1.165, 1.54) is 14.0 Å². The Bertz CT molecular complexity index is 347. The summed E-state index contributed by atoms with van der Waals surface area (Å²) in [5.74, 6) is -1.02. The van der Waals surface area contributed by atoms with E-state index >= 15 is 0 Å². The number of hydrogen-bond donors (Lipinski definition) is 0. The number of hydrogen-bond acceptors (Lipinski definition) is 6. The first-order valence-corrected chi connectivity index (χ1v) is 5.68. The summed E-state index contributed by atoms with van der Waals surface area (Å²) < 4.78 is 19.8. The van der Waals surface area contributed by atoms with Crippen molar-refractivity contribution in [1.29, 1.82) is 0 Å². The summed E-state index contributed by atoms with van der Waals surface area (Å²) in [5.41, 5.74) is 0.600. The Kier molecular flexibility index (Phi) is 8.48. The van der Waals surface area contributed by atoms with Gasteiger partial charge < -0.3 is 18.9 Å². The molecule has 1 atom stereocenters. The van der Waals surface area contributed by atoms with Crippen LogP contribution in [0.3, 0.4) is 0 Å². The van der Waals surface area contributed by atoms with E-state index in [9.17, 15) is 9.59 Å². The fraction of sp³-hybridized carbons (Fsp3) is 0.538. The van der Waals surface area contributed by atoms with Gasteiger partial charge in [-0.3, -0.25) is 0 Å². The lowest BCUT2D eigenvalue weighted by Gasteiger charge is -2.16. The lowest BCUT2D eigenvalue weighted by Crippen LogP contribution is -2.26. The molecule has 0 saturated carbocycles. The van der Waals surface area contributed by atoms with E-state index in [-0.39, 0.29) is 25.4 Å². The van der Waals surface area contributed by atoms with Crippen molar-refractivity contribution in [1.82, 2.24) is 0 Å². The molecule has 0 radical (unpaired) electrons. The second kappa shape index (κ2) is 9.29. The maximum absolute atomic E-state index is 11.2. The average molecular weight is 272 g/mol. The van der Waals surface area contributed by atoms with Crippen molar-refractivity contribution >= 4 is 11.9 Å². The van der Waals surface area contributed by atoms with Gasteiger partial charge in [-0.15, -0.1) is 0 Å². The Morgan fingerprint density at radius 2 is 1.63 bits per heavy atom. The van der Waals surface area contributed by atoms with Crippen molar-refractivity contribution in [2.75, 3.05) is 26.9 Å². The van der Waals surface area contributed by atoms with Crippen LogP contribution in [0.1, 0.15) is 13.8 Å². The van der Waals surface area contributed by atoms with E-state index < -0.39 is 18.2 Å². The predicted octanol–water partition coefficient (Wildman–Crippen LogP) is 1.21. The third kappa shape index (κ3) is 8.12. The molecule has 0 aliphatic rings. The van der Waals surface area contributed by atoms with Crippen molar-refractivity contribution in [3.05, 3.63) is 24.3 Å². The summed E-state index contributed by atoms with van der Waals surface area (Å²) >= 11 is 0. The van der Waals surface area contributed by atoms with Crippen LogP contribution in [0.15, 0.2) is 24.3 Å². The van der Waals surface area contributed by atoms with E-state index in [0.29, 0.717) is 5.57 Å². The molecule has 19 heavy (non-hydrogen) atoms. The summed E-state index contributed by atoms with van der Waals surface area (Å²) in [6.45, 7) is 10.3. The van der Waals surface area contributed by atoms with Gasteiger partial charge in [0.1, 0.15) is 13.2 Å². The van der Waals surface area contributed by atoms with Gasteiger partial charge >= 0.3 is 11.9 Å². The molecule has 6 nitrogen and oxygen atoms in total. The van der Waals surface area contributed by atoms with Crippen molar-refractivity contribution in [2.45, 2.75) is 20.1 Å². The fourth-order valence-electron chi connectivity index (χ4n) is 0.866. The van der Waals surface area contributed by atoms with Crippen molar-refractivity contribution in [3.63, 3.8) is 0 Å². The van der Waals surface area contributed by atoms with Gasteiger partial charge in [0.15, 0.2) is 0 Å². The summed E-state index contributed by atoms with van der Waals surface area (Å²) in [4.78, 5) is 22.3. The molecule has 0 amide bonds. The average Bonchev–Trinajstić information content (AvgIpc) is 2.35. The predicted molar refractivity (Wildman–Crippen MR) is 68.3 cm³/mol. The second-order valence-corrected chi connectivity index (χ2v) is 3.84. The SMILES string of the molecule is C=C(C)C(=O)OCCOCC(OC)OC(=O)C(=C)C. The van der Waals surface area contributed by atoms with Crippen molar-refractivity contribution < 1.29 is 28.5 Å². The fourth-order valence-corrected chi connectivity index (χ4v) is 0.866. The highest BCUT2D eigenvalue weighted by Crippen LogP contribution is 2.00. The molecule has 0 aromatic heterocycles. The van der Waals surface area contributed by atoms with Crippen LogP contribution in [0.5, 0.6) is 0 Å². The highest BCUT2D eigenvalue weighted by Gasteiger charge is 2.14. The lowest BCUT2D eigenvalue weighted by molar-refractivity contribution is -0.180. The first kappa shape index (κ1) is 17.3. The van der Waals surface area contributed by atoms with Crippen molar-refractivity contribution in [2.24, 2.45) is 0 Å². The molecule has 0 fully saturated rings. The Labute approximate surface area is 113 Å². The highest BCUT2D eigenvalue weighted by molar-refractivity contribution is 5.87. The molecule has 0 aliphatic carbocycles. The maximum atomic E-state index is 11.2. The van der Waals surface area contributed by atoms with Crippen LogP contribution in [0.4, 0.5) is 0 Å². The van der Waals surface area contributed by atoms with Crippen LogP contribution in [-0.2, 0) is 28.5 Å². The first-order valence-electron chi connectivity index (χ1n) is 5.68. The molecule has 0 aromatic rings. The summed E-state index contributed by atoms with van der Waals surface area (Å²) in [6.07, 6.45) is -0.818. The van der Waals surface area contributed by atoms with Crippen molar-refractivity contribution in [3.8, 4) is 0 Å². The molecule has 0 aromatic carbocycles. The number of methoxy groups -OCH3 is 1. The Hall–Kier alpha value is -1.66. The summed E-state index contributed by atoms with van der Waals surface area (Å²) in [7, 11) is 1.39. The zero-order valence-electron chi connectivity index (χ0n) is 11.6. The monoisotopic (exact) mass is 272 g/mol. The molecule has 0 spiro atoms. The number of carbonyl (C=O) groups is 2. The van der Waals surface area contributed by atoms with Gasteiger partial charge in [-0.2, -0.15) is 0 Å². The lowest BCUT2D eigenvalue weighted by atomic mass is 10.4. The van der Waals surface area contributed by atoms with Gasteiger partial charge in [0.25, 0.3) is 0 Å². The standard InChI is InChI=1S/C13H20O6/c1-9(2)12(14)18-7-6-17-8-11(16-5)19-13(15)10(3)4/h11H,1,3,6-8H2,2,4-5H3. The van der Waals surface area contributed by atoms with E-state index in [0.717, 1.165) is 0 Å². The molecule has 0 bridgehead atoms. The quantitative estimate of drug-likeness (QED) is 0.272. The van der Waals surface area contributed by atoms with Crippen LogP contribution in [-0.4, -0.2) is 45.2 Å². The Morgan fingerprint density at radius 3 is 2.11 bits per heavy atom. The van der Waals surface area contributed by atoms with Gasteiger partial charge in [0.05, 0.1) is 6.61 Å². The highest BCUT2D eigenvalue weighted by atomic mass is 16.7. The Morgan fingerprint density at radius 1 is 1.05 bits per heavy atom. The topological polar surface area (TPSA) is 71.1 Å². The number of esters is 2. The third-order valence-electron chi connectivity index (χ3n) is 1.91. The summed E-state index contributed by atoms with van der Waals surface area (Å²) in [6, 6.07) is 0. The minimum Gasteiger partial charge on any atom is -0.460 e. The van der Waals surface area contributed by atoms with Gasteiger partial charge in [0, 0.05) is 18.3 Å².